The maximum absolute atomic E-state index is 14.1. The highest BCUT2D eigenvalue weighted by molar-refractivity contribution is 5.71. The first-order chi connectivity index (χ1) is 13.3. The van der Waals surface area contributed by atoms with E-state index in [1.807, 2.05) is 0 Å². The lowest BCUT2D eigenvalue weighted by Gasteiger charge is -2.13. The number of pyridine rings is 1. The highest BCUT2D eigenvalue weighted by Crippen LogP contribution is 2.26. The zero-order chi connectivity index (χ0) is 19.9. The minimum atomic E-state index is -4.48. The fourth-order valence-electron chi connectivity index (χ4n) is 2.97. The van der Waals surface area contributed by atoms with E-state index in [1.54, 1.807) is 12.1 Å². The number of fused-ring (bicyclic) bond motifs is 1. The molecule has 4 rings (SSSR count). The molecule has 0 fully saturated rings. The van der Waals surface area contributed by atoms with Crippen molar-refractivity contribution in [2.75, 3.05) is 0 Å². The zero-order valence-corrected chi connectivity index (χ0v) is 14.2. The molecular formula is C18H12F5N5. The molecule has 4 aromatic rings. The van der Waals surface area contributed by atoms with Crippen molar-refractivity contribution in [3.63, 3.8) is 0 Å². The van der Waals surface area contributed by atoms with Crippen LogP contribution >= 0.6 is 0 Å². The van der Waals surface area contributed by atoms with Gasteiger partial charge in [-0.05, 0) is 30.3 Å². The lowest BCUT2D eigenvalue weighted by atomic mass is 10.2. The SMILES string of the molecule is Fc1ccc(F)c(-c2nccn2Cc2nc3cccnc3n2CC(F)(F)F)c1. The minimum Gasteiger partial charge on any atom is -0.323 e. The van der Waals surface area contributed by atoms with Gasteiger partial charge in [0.05, 0.1) is 12.1 Å². The van der Waals surface area contributed by atoms with Gasteiger partial charge in [-0.25, -0.2) is 23.7 Å². The topological polar surface area (TPSA) is 48.5 Å². The van der Waals surface area contributed by atoms with Gasteiger partial charge in [0.1, 0.15) is 35.3 Å². The summed E-state index contributed by atoms with van der Waals surface area (Å²) in [6, 6.07) is 6.04. The van der Waals surface area contributed by atoms with Crippen molar-refractivity contribution in [3.05, 3.63) is 66.4 Å². The Balaban J connectivity index is 1.79. The van der Waals surface area contributed by atoms with Gasteiger partial charge in [0.2, 0.25) is 0 Å². The predicted octanol–water partition coefficient (Wildman–Crippen LogP) is 4.18. The van der Waals surface area contributed by atoms with Crippen LogP contribution in [0, 0.1) is 11.6 Å². The van der Waals surface area contributed by atoms with Crippen LogP contribution < -0.4 is 0 Å². The summed E-state index contributed by atoms with van der Waals surface area (Å²) in [4.78, 5) is 12.2. The Morgan fingerprint density at radius 2 is 1.82 bits per heavy atom. The smallest absolute Gasteiger partial charge is 0.323 e. The standard InChI is InChI=1S/C18H12F5N5/c19-11-3-4-13(20)12(8-11)16-25-6-7-27(16)9-15-26-14-2-1-5-24-17(14)28(15)10-18(21,22)23/h1-8H,9-10H2. The molecule has 3 aromatic heterocycles. The number of alkyl halides is 3. The summed E-state index contributed by atoms with van der Waals surface area (Å²) in [7, 11) is 0. The van der Waals surface area contributed by atoms with E-state index < -0.39 is 24.4 Å². The third-order valence-corrected chi connectivity index (χ3v) is 4.12. The number of rotatable bonds is 4. The van der Waals surface area contributed by atoms with Gasteiger partial charge in [-0.15, -0.1) is 0 Å². The Morgan fingerprint density at radius 3 is 2.61 bits per heavy atom. The summed E-state index contributed by atoms with van der Waals surface area (Å²) in [6.45, 7) is -1.40. The predicted molar refractivity (Wildman–Crippen MR) is 90.3 cm³/mol. The summed E-state index contributed by atoms with van der Waals surface area (Å²) < 4.78 is 69.2. The van der Waals surface area contributed by atoms with Crippen molar-refractivity contribution >= 4 is 11.2 Å². The molecule has 0 aliphatic heterocycles. The van der Waals surface area contributed by atoms with E-state index in [4.69, 9.17) is 0 Å². The quantitative estimate of drug-likeness (QED) is 0.489. The molecular weight excluding hydrogens is 381 g/mol. The van der Waals surface area contributed by atoms with E-state index in [-0.39, 0.29) is 29.4 Å². The molecule has 0 radical (unpaired) electrons. The minimum absolute atomic E-state index is 0.0714. The first-order valence-electron chi connectivity index (χ1n) is 8.15. The molecule has 0 amide bonds. The molecule has 1 aromatic carbocycles. The number of imidazole rings is 2. The third-order valence-electron chi connectivity index (χ3n) is 4.12. The van der Waals surface area contributed by atoms with Crippen LogP contribution in [-0.4, -0.2) is 30.3 Å². The molecule has 0 bridgehead atoms. The van der Waals surface area contributed by atoms with Crippen molar-refractivity contribution in [2.24, 2.45) is 0 Å². The molecule has 3 heterocycles. The Hall–Kier alpha value is -3.30. The summed E-state index contributed by atoms with van der Waals surface area (Å²) >= 11 is 0. The van der Waals surface area contributed by atoms with E-state index in [2.05, 4.69) is 15.0 Å². The molecule has 28 heavy (non-hydrogen) atoms. The second-order valence-electron chi connectivity index (χ2n) is 6.08. The Labute approximate surface area is 155 Å². The van der Waals surface area contributed by atoms with E-state index in [0.717, 1.165) is 22.8 Å². The first kappa shape index (κ1) is 18.1. The number of benzene rings is 1. The fraction of sp³-hybridized carbons (Fsp3) is 0.167. The Morgan fingerprint density at radius 1 is 1.00 bits per heavy atom. The van der Waals surface area contributed by atoms with Gasteiger partial charge in [0.25, 0.3) is 0 Å². The number of hydrogen-bond donors (Lipinski definition) is 0. The summed E-state index contributed by atoms with van der Waals surface area (Å²) in [6.07, 6.45) is -0.281. The summed E-state index contributed by atoms with van der Waals surface area (Å²) in [5.74, 6) is -1.20. The summed E-state index contributed by atoms with van der Waals surface area (Å²) in [5, 5.41) is 0. The van der Waals surface area contributed by atoms with Crippen LogP contribution in [0.3, 0.4) is 0 Å². The Kier molecular flexibility index (Phi) is 4.33. The molecule has 144 valence electrons. The molecule has 0 spiro atoms. The molecule has 0 aliphatic rings. The number of halogens is 5. The molecule has 0 unspecified atom stereocenters. The zero-order valence-electron chi connectivity index (χ0n) is 14.2. The second kappa shape index (κ2) is 6.70. The van der Waals surface area contributed by atoms with Crippen LogP contribution in [0.25, 0.3) is 22.6 Å². The van der Waals surface area contributed by atoms with Gasteiger partial charge in [-0.2, -0.15) is 13.2 Å². The van der Waals surface area contributed by atoms with Crippen LogP contribution in [-0.2, 0) is 13.1 Å². The van der Waals surface area contributed by atoms with Gasteiger partial charge >= 0.3 is 6.18 Å². The second-order valence-corrected chi connectivity index (χ2v) is 6.08. The number of nitrogens with zero attached hydrogens (tertiary/aromatic N) is 5. The highest BCUT2D eigenvalue weighted by Gasteiger charge is 2.31. The van der Waals surface area contributed by atoms with Gasteiger partial charge in [-0.1, -0.05) is 0 Å². The lowest BCUT2D eigenvalue weighted by Crippen LogP contribution is -2.21. The van der Waals surface area contributed by atoms with Crippen LogP contribution in [0.15, 0.2) is 48.9 Å². The van der Waals surface area contributed by atoms with Crippen molar-refractivity contribution < 1.29 is 22.0 Å². The van der Waals surface area contributed by atoms with Crippen LogP contribution in [0.1, 0.15) is 5.82 Å². The lowest BCUT2D eigenvalue weighted by molar-refractivity contribution is -0.140. The average Bonchev–Trinajstić information content (AvgIpc) is 3.21. The van der Waals surface area contributed by atoms with Crippen molar-refractivity contribution in [1.29, 1.82) is 0 Å². The van der Waals surface area contributed by atoms with Crippen molar-refractivity contribution in [2.45, 2.75) is 19.3 Å². The third kappa shape index (κ3) is 3.45. The molecule has 5 nitrogen and oxygen atoms in total. The van der Waals surface area contributed by atoms with Gasteiger partial charge < -0.3 is 9.13 Å². The molecule has 0 saturated carbocycles. The van der Waals surface area contributed by atoms with Gasteiger partial charge in [0.15, 0.2) is 5.65 Å². The molecule has 0 atom stereocenters. The number of aromatic nitrogens is 5. The molecule has 10 heteroatoms. The number of hydrogen-bond acceptors (Lipinski definition) is 3. The maximum Gasteiger partial charge on any atom is 0.406 e. The molecule has 0 saturated heterocycles. The van der Waals surface area contributed by atoms with Crippen LogP contribution in [0.4, 0.5) is 22.0 Å². The average molecular weight is 393 g/mol. The van der Waals surface area contributed by atoms with Crippen molar-refractivity contribution in [1.82, 2.24) is 24.1 Å². The van der Waals surface area contributed by atoms with E-state index in [1.165, 1.54) is 23.2 Å². The monoisotopic (exact) mass is 393 g/mol. The van der Waals surface area contributed by atoms with Gasteiger partial charge in [-0.3, -0.25) is 0 Å². The van der Waals surface area contributed by atoms with Gasteiger partial charge in [0, 0.05) is 18.6 Å². The normalized spacial score (nSPS) is 12.0. The first-order valence-corrected chi connectivity index (χ1v) is 8.15. The van der Waals surface area contributed by atoms with Crippen LogP contribution in [0.2, 0.25) is 0 Å². The maximum atomic E-state index is 14.1. The van der Waals surface area contributed by atoms with E-state index in [0.29, 0.717) is 5.52 Å². The van der Waals surface area contributed by atoms with Crippen LogP contribution in [0.5, 0.6) is 0 Å². The molecule has 0 aliphatic carbocycles. The largest absolute Gasteiger partial charge is 0.406 e. The Bertz CT molecular complexity index is 1140. The van der Waals surface area contributed by atoms with Crippen molar-refractivity contribution in [3.8, 4) is 11.4 Å². The van der Waals surface area contributed by atoms with E-state index >= 15 is 0 Å². The molecule has 0 N–H and O–H groups in total. The van der Waals surface area contributed by atoms with E-state index in [9.17, 15) is 22.0 Å². The fourth-order valence-corrected chi connectivity index (χ4v) is 2.97. The summed E-state index contributed by atoms with van der Waals surface area (Å²) in [5.41, 5.74) is 0.301. The highest BCUT2D eigenvalue weighted by atomic mass is 19.4.